The number of carbonyl (C=O) groups is 1. The van der Waals surface area contributed by atoms with Gasteiger partial charge in [0.15, 0.2) is 5.82 Å². The van der Waals surface area contributed by atoms with E-state index < -0.39 is 17.6 Å². The van der Waals surface area contributed by atoms with Crippen LogP contribution in [0.2, 0.25) is 0 Å². The molecule has 1 aliphatic heterocycles. The molecule has 0 unspecified atom stereocenters. The Morgan fingerprint density at radius 1 is 1.35 bits per heavy atom. The highest BCUT2D eigenvalue weighted by Crippen LogP contribution is 2.25. The van der Waals surface area contributed by atoms with E-state index in [1.807, 2.05) is 18.7 Å². The minimum absolute atomic E-state index is 0.199. The van der Waals surface area contributed by atoms with Gasteiger partial charge in [0.2, 0.25) is 0 Å². The molecule has 0 saturated carbocycles. The van der Waals surface area contributed by atoms with E-state index in [4.69, 9.17) is 5.11 Å². The quantitative estimate of drug-likeness (QED) is 0.939. The zero-order valence-electron chi connectivity index (χ0n) is 12.9. The maximum atomic E-state index is 14.0. The Balaban J connectivity index is 1.84. The van der Waals surface area contributed by atoms with Crippen LogP contribution in [0.4, 0.5) is 8.78 Å². The molecular formula is C16H17F2N3O2. The lowest BCUT2D eigenvalue weighted by atomic mass is 9.99. The second-order valence-electron chi connectivity index (χ2n) is 5.89. The van der Waals surface area contributed by atoms with Crippen molar-refractivity contribution in [3.8, 4) is 5.69 Å². The number of halogens is 2. The number of likely N-dealkylation sites (tertiary alicyclic amines) is 1. The molecule has 1 saturated heterocycles. The summed E-state index contributed by atoms with van der Waals surface area (Å²) < 4.78 is 28.5. The van der Waals surface area contributed by atoms with Crippen molar-refractivity contribution < 1.29 is 18.7 Å². The summed E-state index contributed by atoms with van der Waals surface area (Å²) in [6.45, 7) is 5.24. The van der Waals surface area contributed by atoms with E-state index in [0.717, 1.165) is 23.0 Å². The topological polar surface area (TPSA) is 58.4 Å². The van der Waals surface area contributed by atoms with Crippen LogP contribution in [-0.4, -0.2) is 38.8 Å². The first-order chi connectivity index (χ1) is 10.9. The predicted molar refractivity (Wildman–Crippen MR) is 79.4 cm³/mol. The van der Waals surface area contributed by atoms with Crippen molar-refractivity contribution >= 4 is 5.97 Å². The Kier molecular flexibility index (Phi) is 3.89. The lowest BCUT2D eigenvalue weighted by Gasteiger charge is -2.36. The number of nitrogens with zero attached hydrogens (tertiary/aromatic N) is 3. The van der Waals surface area contributed by atoms with Crippen molar-refractivity contribution in [2.45, 2.75) is 20.4 Å². The van der Waals surface area contributed by atoms with Crippen LogP contribution in [0, 0.1) is 31.4 Å². The molecule has 0 radical (unpaired) electrons. The van der Waals surface area contributed by atoms with E-state index in [9.17, 15) is 13.6 Å². The number of benzene rings is 1. The Bertz CT molecular complexity index is 767. The van der Waals surface area contributed by atoms with E-state index in [1.165, 1.54) is 16.8 Å². The molecule has 7 heteroatoms. The van der Waals surface area contributed by atoms with Crippen LogP contribution < -0.4 is 0 Å². The van der Waals surface area contributed by atoms with Gasteiger partial charge < -0.3 is 5.11 Å². The number of carboxylic acids is 1. The highest BCUT2D eigenvalue weighted by atomic mass is 19.1. The van der Waals surface area contributed by atoms with Gasteiger partial charge in [-0.15, -0.1) is 0 Å². The highest BCUT2D eigenvalue weighted by Gasteiger charge is 2.33. The Labute approximate surface area is 132 Å². The van der Waals surface area contributed by atoms with Crippen LogP contribution in [0.3, 0.4) is 0 Å². The van der Waals surface area contributed by atoms with Gasteiger partial charge in [0, 0.05) is 37.0 Å². The molecule has 1 N–H and O–H groups in total. The number of carboxylic acid groups (broad SMARTS) is 1. The normalized spacial score (nSPS) is 15.7. The molecule has 2 aromatic rings. The zero-order valence-corrected chi connectivity index (χ0v) is 12.9. The van der Waals surface area contributed by atoms with Gasteiger partial charge in [0.1, 0.15) is 11.5 Å². The van der Waals surface area contributed by atoms with Crippen molar-refractivity contribution in [2.75, 3.05) is 13.1 Å². The van der Waals surface area contributed by atoms with Crippen molar-refractivity contribution in [3.05, 3.63) is 46.8 Å². The third-order valence-electron chi connectivity index (χ3n) is 4.27. The molecule has 0 spiro atoms. The molecule has 0 atom stereocenters. The molecule has 0 bridgehead atoms. The minimum Gasteiger partial charge on any atom is -0.481 e. The summed E-state index contributed by atoms with van der Waals surface area (Å²) >= 11 is 0. The molecule has 3 rings (SSSR count). The summed E-state index contributed by atoms with van der Waals surface area (Å²) in [5, 5.41) is 13.3. The fraction of sp³-hybridized carbons (Fsp3) is 0.375. The van der Waals surface area contributed by atoms with Gasteiger partial charge >= 0.3 is 5.97 Å². The lowest BCUT2D eigenvalue weighted by Crippen LogP contribution is -2.49. The van der Waals surface area contributed by atoms with Crippen molar-refractivity contribution in [1.29, 1.82) is 0 Å². The molecule has 2 heterocycles. The van der Waals surface area contributed by atoms with Gasteiger partial charge in [0.25, 0.3) is 0 Å². The second kappa shape index (κ2) is 5.73. The van der Waals surface area contributed by atoms with Crippen LogP contribution >= 0.6 is 0 Å². The molecule has 1 fully saturated rings. The number of rotatable bonds is 4. The van der Waals surface area contributed by atoms with Gasteiger partial charge in [-0.25, -0.2) is 13.5 Å². The number of aryl methyl sites for hydroxylation is 1. The van der Waals surface area contributed by atoms with Crippen LogP contribution in [0.15, 0.2) is 18.2 Å². The molecule has 0 aliphatic carbocycles. The third kappa shape index (κ3) is 2.84. The summed E-state index contributed by atoms with van der Waals surface area (Å²) in [6.07, 6.45) is 0. The first kappa shape index (κ1) is 15.6. The molecule has 1 aromatic heterocycles. The molecule has 23 heavy (non-hydrogen) atoms. The van der Waals surface area contributed by atoms with Crippen LogP contribution in [0.25, 0.3) is 5.69 Å². The van der Waals surface area contributed by atoms with Crippen molar-refractivity contribution in [3.63, 3.8) is 0 Å². The van der Waals surface area contributed by atoms with Gasteiger partial charge in [-0.1, -0.05) is 0 Å². The predicted octanol–water partition coefficient (Wildman–Crippen LogP) is 2.28. The number of aromatic nitrogens is 2. The number of aliphatic carboxylic acids is 1. The second-order valence-corrected chi connectivity index (χ2v) is 5.89. The largest absolute Gasteiger partial charge is 0.481 e. The Morgan fingerprint density at radius 2 is 2.04 bits per heavy atom. The van der Waals surface area contributed by atoms with Gasteiger partial charge in [0.05, 0.1) is 11.6 Å². The zero-order chi connectivity index (χ0) is 16.7. The first-order valence-electron chi connectivity index (χ1n) is 7.32. The maximum Gasteiger partial charge on any atom is 0.309 e. The summed E-state index contributed by atoms with van der Waals surface area (Å²) in [5.74, 6) is -2.40. The van der Waals surface area contributed by atoms with E-state index in [1.54, 1.807) is 0 Å². The third-order valence-corrected chi connectivity index (χ3v) is 4.27. The molecule has 122 valence electrons. The summed E-state index contributed by atoms with van der Waals surface area (Å²) in [6, 6.07) is 3.39. The van der Waals surface area contributed by atoms with Crippen molar-refractivity contribution in [2.24, 2.45) is 5.92 Å². The van der Waals surface area contributed by atoms with Crippen LogP contribution in [0.5, 0.6) is 0 Å². The van der Waals surface area contributed by atoms with E-state index >= 15 is 0 Å². The van der Waals surface area contributed by atoms with Crippen LogP contribution in [0.1, 0.15) is 17.0 Å². The molecule has 0 amide bonds. The monoisotopic (exact) mass is 321 g/mol. The Hall–Kier alpha value is -2.28. The average molecular weight is 321 g/mol. The molecule has 1 aromatic carbocycles. The van der Waals surface area contributed by atoms with E-state index in [2.05, 4.69) is 5.10 Å². The van der Waals surface area contributed by atoms with Crippen molar-refractivity contribution in [1.82, 2.24) is 14.7 Å². The fourth-order valence-corrected chi connectivity index (χ4v) is 2.87. The summed E-state index contributed by atoms with van der Waals surface area (Å²) in [5.41, 5.74) is 2.67. The van der Waals surface area contributed by atoms with E-state index in [0.29, 0.717) is 19.6 Å². The minimum atomic E-state index is -0.779. The van der Waals surface area contributed by atoms with Gasteiger partial charge in [-0.3, -0.25) is 9.69 Å². The smallest absolute Gasteiger partial charge is 0.309 e. The summed E-state index contributed by atoms with van der Waals surface area (Å²) in [7, 11) is 0. The number of hydrogen-bond donors (Lipinski definition) is 1. The maximum absolute atomic E-state index is 14.0. The lowest BCUT2D eigenvalue weighted by molar-refractivity contribution is -0.147. The standard InChI is InChI=1S/C16H17F2N3O2/c1-9-13(8-20-6-11(7-20)16(22)23)10(2)21(19-9)15-4-3-12(17)5-14(15)18/h3-5,11H,6-8H2,1-2H3,(H,22,23). The SMILES string of the molecule is Cc1nn(-c2ccc(F)cc2F)c(C)c1CN1CC(C(=O)O)C1. The van der Waals surface area contributed by atoms with E-state index in [-0.39, 0.29) is 11.6 Å². The van der Waals surface area contributed by atoms with Gasteiger partial charge in [-0.05, 0) is 26.0 Å². The molecular weight excluding hydrogens is 304 g/mol. The molecule has 5 nitrogen and oxygen atoms in total. The number of hydrogen-bond acceptors (Lipinski definition) is 3. The Morgan fingerprint density at radius 3 is 2.65 bits per heavy atom. The molecule has 1 aliphatic rings. The van der Waals surface area contributed by atoms with Gasteiger partial charge in [-0.2, -0.15) is 5.10 Å². The fourth-order valence-electron chi connectivity index (χ4n) is 2.87. The summed E-state index contributed by atoms with van der Waals surface area (Å²) in [4.78, 5) is 12.9. The average Bonchev–Trinajstić information content (AvgIpc) is 2.69. The first-order valence-corrected chi connectivity index (χ1v) is 7.32. The highest BCUT2D eigenvalue weighted by molar-refractivity contribution is 5.71. The van der Waals surface area contributed by atoms with Crippen LogP contribution in [-0.2, 0) is 11.3 Å².